The highest BCUT2D eigenvalue weighted by Gasteiger charge is 2.35. The van der Waals surface area contributed by atoms with Crippen LogP contribution >= 0.6 is 0 Å². The first-order valence-corrected chi connectivity index (χ1v) is 20.0. The van der Waals surface area contributed by atoms with E-state index in [0.29, 0.717) is 64.5 Å². The van der Waals surface area contributed by atoms with Gasteiger partial charge in [-0.15, -0.1) is 0 Å². The van der Waals surface area contributed by atoms with Crippen LogP contribution in [0.15, 0.2) is 103 Å². The number of pyridine rings is 1. The van der Waals surface area contributed by atoms with Gasteiger partial charge in [-0.1, -0.05) is 60.7 Å². The van der Waals surface area contributed by atoms with E-state index in [1.807, 2.05) is 88.5 Å². The predicted molar refractivity (Wildman–Crippen MR) is 222 cm³/mol. The summed E-state index contributed by atoms with van der Waals surface area (Å²) < 4.78 is 39.6. The Balaban J connectivity index is 1.22. The largest absolute Gasteiger partial charge is 0.433 e. The van der Waals surface area contributed by atoms with Crippen LogP contribution in [-0.4, -0.2) is 126 Å². The first kappa shape index (κ1) is 42.9. The molecule has 14 heteroatoms. The Kier molecular flexibility index (Phi) is 14.4. The number of aromatic nitrogens is 1. The van der Waals surface area contributed by atoms with Crippen molar-refractivity contribution >= 4 is 35.2 Å². The van der Waals surface area contributed by atoms with Gasteiger partial charge < -0.3 is 29.6 Å². The summed E-state index contributed by atoms with van der Waals surface area (Å²) >= 11 is 0. The van der Waals surface area contributed by atoms with Gasteiger partial charge in [0.15, 0.2) is 0 Å². The quantitative estimate of drug-likeness (QED) is 0.174. The van der Waals surface area contributed by atoms with Crippen molar-refractivity contribution < 1.29 is 32.7 Å². The summed E-state index contributed by atoms with van der Waals surface area (Å²) in [5.41, 5.74) is 4.13. The van der Waals surface area contributed by atoms with Gasteiger partial charge in [-0.2, -0.15) is 13.2 Å². The summed E-state index contributed by atoms with van der Waals surface area (Å²) in [7, 11) is 1.94. The molecule has 3 amide bonds. The van der Waals surface area contributed by atoms with Gasteiger partial charge in [0.05, 0.1) is 6.61 Å². The summed E-state index contributed by atoms with van der Waals surface area (Å²) in [5, 5.41) is 9.29. The average Bonchev–Trinajstić information content (AvgIpc) is 3.25. The topological polar surface area (TPSA) is 104 Å². The SMILES string of the molecule is CC(=O)N1CCN(c2ccc(CN(C(=O)C=Cc3ccc(C(F)(F)F)nc3)[C@@H](Cc3ccccc3)C(=O)N3CCN(Cc4ccc(N(C)CCO)cc4)CC3)cc2)CC1. The predicted octanol–water partition coefficient (Wildman–Crippen LogP) is 5.20. The minimum absolute atomic E-state index is 0.0557. The van der Waals surface area contributed by atoms with Gasteiger partial charge in [0.1, 0.15) is 11.7 Å². The van der Waals surface area contributed by atoms with E-state index in [1.165, 1.54) is 18.2 Å². The Bertz CT molecular complexity index is 2010. The third kappa shape index (κ3) is 11.7. The molecule has 0 unspecified atom stereocenters. The van der Waals surface area contributed by atoms with E-state index in [2.05, 4.69) is 26.9 Å². The van der Waals surface area contributed by atoms with Crippen LogP contribution in [0.2, 0.25) is 0 Å². The van der Waals surface area contributed by atoms with Crippen molar-refractivity contribution in [1.82, 2.24) is 24.6 Å². The lowest BCUT2D eigenvalue weighted by atomic mass is 10.0. The van der Waals surface area contributed by atoms with Crippen molar-refractivity contribution in [2.75, 3.05) is 82.4 Å². The summed E-state index contributed by atoms with van der Waals surface area (Å²) in [4.78, 5) is 56.1. The molecule has 312 valence electrons. The van der Waals surface area contributed by atoms with E-state index in [9.17, 15) is 32.7 Å². The molecule has 1 aromatic heterocycles. The summed E-state index contributed by atoms with van der Waals surface area (Å²) in [5.74, 6) is -0.585. The van der Waals surface area contributed by atoms with E-state index in [-0.39, 0.29) is 31.4 Å². The van der Waals surface area contributed by atoms with Crippen LogP contribution in [0, 0.1) is 0 Å². The molecule has 4 aromatic rings. The van der Waals surface area contributed by atoms with Crippen molar-refractivity contribution in [2.45, 2.75) is 38.7 Å². The molecule has 0 spiro atoms. The van der Waals surface area contributed by atoms with Crippen LogP contribution in [-0.2, 0) is 40.1 Å². The number of anilines is 2. The zero-order valence-electron chi connectivity index (χ0n) is 33.6. The number of aliphatic hydroxyl groups excluding tert-OH is 1. The molecule has 2 fully saturated rings. The average molecular weight is 812 g/mol. The van der Waals surface area contributed by atoms with Crippen molar-refractivity contribution in [1.29, 1.82) is 0 Å². The van der Waals surface area contributed by atoms with Crippen LogP contribution < -0.4 is 9.80 Å². The fraction of sp³-hybridized carbons (Fsp3) is 0.378. The third-order valence-electron chi connectivity index (χ3n) is 11.0. The molecule has 3 aromatic carbocycles. The van der Waals surface area contributed by atoms with Crippen molar-refractivity contribution in [3.63, 3.8) is 0 Å². The van der Waals surface area contributed by atoms with E-state index in [1.54, 1.807) is 11.8 Å². The molecule has 2 saturated heterocycles. The fourth-order valence-electron chi connectivity index (χ4n) is 7.46. The second kappa shape index (κ2) is 19.8. The van der Waals surface area contributed by atoms with Gasteiger partial charge in [0.25, 0.3) is 0 Å². The van der Waals surface area contributed by atoms with Crippen molar-refractivity contribution in [3.8, 4) is 0 Å². The highest BCUT2D eigenvalue weighted by atomic mass is 19.4. The number of aliphatic hydroxyl groups is 1. The molecule has 0 bridgehead atoms. The minimum atomic E-state index is -4.59. The molecule has 1 N–H and O–H groups in total. The smallest absolute Gasteiger partial charge is 0.395 e. The van der Waals surface area contributed by atoms with Crippen LogP contribution in [0.5, 0.6) is 0 Å². The highest BCUT2D eigenvalue weighted by Crippen LogP contribution is 2.28. The van der Waals surface area contributed by atoms with Gasteiger partial charge in [-0.05, 0) is 58.7 Å². The number of hydrogen-bond acceptors (Lipinski definition) is 8. The maximum Gasteiger partial charge on any atom is 0.433 e. The fourth-order valence-corrected chi connectivity index (χ4v) is 7.46. The van der Waals surface area contributed by atoms with Crippen LogP contribution in [0.25, 0.3) is 6.08 Å². The molecule has 3 heterocycles. The van der Waals surface area contributed by atoms with Crippen LogP contribution in [0.4, 0.5) is 24.5 Å². The molecular weight excluding hydrogens is 760 g/mol. The molecule has 0 saturated carbocycles. The number of piperazine rings is 2. The van der Waals surface area contributed by atoms with E-state index in [0.717, 1.165) is 46.9 Å². The van der Waals surface area contributed by atoms with Crippen LogP contribution in [0.3, 0.4) is 0 Å². The molecule has 59 heavy (non-hydrogen) atoms. The second-order valence-electron chi connectivity index (χ2n) is 15.1. The van der Waals surface area contributed by atoms with Gasteiger partial charge in [0, 0.05) is 116 Å². The van der Waals surface area contributed by atoms with Crippen molar-refractivity contribution in [2.24, 2.45) is 0 Å². The summed E-state index contributed by atoms with van der Waals surface area (Å²) in [6.45, 7) is 7.93. The number of alkyl halides is 3. The number of rotatable bonds is 14. The Morgan fingerprint density at radius 1 is 0.797 bits per heavy atom. The zero-order valence-corrected chi connectivity index (χ0v) is 33.6. The van der Waals surface area contributed by atoms with E-state index in [4.69, 9.17) is 0 Å². The number of carbonyl (C=O) groups excluding carboxylic acids is 3. The van der Waals surface area contributed by atoms with Gasteiger partial charge >= 0.3 is 6.18 Å². The molecule has 0 radical (unpaired) electrons. The Morgan fingerprint density at radius 3 is 2.03 bits per heavy atom. The zero-order chi connectivity index (χ0) is 41.9. The first-order chi connectivity index (χ1) is 28.4. The molecular formula is C45H52F3N7O4. The number of nitrogens with zero attached hydrogens (tertiary/aromatic N) is 7. The van der Waals surface area contributed by atoms with Gasteiger partial charge in [0.2, 0.25) is 17.7 Å². The lowest BCUT2D eigenvalue weighted by Gasteiger charge is -2.39. The molecule has 0 aliphatic carbocycles. The normalized spacial score (nSPS) is 15.7. The number of amides is 3. The monoisotopic (exact) mass is 811 g/mol. The maximum absolute atomic E-state index is 14.7. The van der Waals surface area contributed by atoms with E-state index < -0.39 is 23.8 Å². The third-order valence-corrected chi connectivity index (χ3v) is 11.0. The molecule has 2 aliphatic rings. The Morgan fingerprint density at radius 2 is 1.44 bits per heavy atom. The number of benzene rings is 3. The van der Waals surface area contributed by atoms with E-state index >= 15 is 0 Å². The Labute approximate surface area is 343 Å². The minimum Gasteiger partial charge on any atom is -0.395 e. The molecule has 6 rings (SSSR count). The standard InChI is InChI=1S/C45H52F3N7O4/c1-34(57)52-24-26-53(27-25-52)40-16-10-38(11-17-40)33-55(43(58)19-13-36-12-18-42(49-31-36)45(46,47)48)41(30-35-6-4-3-5-7-35)44(59)54-22-20-51(21-23-54)32-37-8-14-39(15-9-37)50(2)28-29-56/h3-19,31,41,56H,20-30,32-33H2,1-2H3/t41-/m0/s1. The lowest BCUT2D eigenvalue weighted by molar-refractivity contribution is -0.145. The number of halogens is 3. The molecule has 1 atom stereocenters. The Hall–Kier alpha value is -5.73. The first-order valence-electron chi connectivity index (χ1n) is 20.0. The van der Waals surface area contributed by atoms with Crippen LogP contribution in [0.1, 0.15) is 34.9 Å². The number of carbonyl (C=O) groups is 3. The molecule has 2 aliphatic heterocycles. The summed E-state index contributed by atoms with van der Waals surface area (Å²) in [6.07, 6.45) is -0.540. The highest BCUT2D eigenvalue weighted by molar-refractivity contribution is 5.95. The number of likely N-dealkylation sites (N-methyl/N-ethyl adjacent to an activating group) is 1. The number of hydrogen-bond donors (Lipinski definition) is 1. The molecule has 11 nitrogen and oxygen atoms in total. The summed E-state index contributed by atoms with van der Waals surface area (Å²) in [6, 6.07) is 26.9. The van der Waals surface area contributed by atoms with Crippen molar-refractivity contribution in [3.05, 3.63) is 131 Å². The maximum atomic E-state index is 14.7. The lowest BCUT2D eigenvalue weighted by Crippen LogP contribution is -2.56. The van der Waals surface area contributed by atoms with Gasteiger partial charge in [-0.3, -0.25) is 24.3 Å². The van der Waals surface area contributed by atoms with Gasteiger partial charge in [-0.25, -0.2) is 0 Å². The second-order valence-corrected chi connectivity index (χ2v) is 15.1.